The van der Waals surface area contributed by atoms with Gasteiger partial charge in [0.15, 0.2) is 16.8 Å². The van der Waals surface area contributed by atoms with Gasteiger partial charge in [-0.1, -0.05) is 103 Å². The maximum atomic E-state index is 12.5. The van der Waals surface area contributed by atoms with Crippen LogP contribution in [0.15, 0.2) is 96.2 Å². The van der Waals surface area contributed by atoms with Crippen molar-refractivity contribution >= 4 is 17.5 Å². The lowest BCUT2D eigenvalue weighted by atomic mass is 10.2. The number of ketones is 1. The molecule has 4 aromatic rings. The number of aromatic nitrogens is 3. The van der Waals surface area contributed by atoms with Gasteiger partial charge in [0.05, 0.1) is 12.3 Å². The van der Waals surface area contributed by atoms with Crippen molar-refractivity contribution in [2.24, 2.45) is 0 Å². The second kappa shape index (κ2) is 8.67. The van der Waals surface area contributed by atoms with Crippen LogP contribution in [0.4, 0.5) is 0 Å². The standard InChI is InChI=1S/C23H19N3OS/c27-21(19-12-6-2-7-13-19)17-28-23-25-24-22(20-14-8-3-9-15-20)26(23)16-18-10-4-1-5-11-18/h1-15H,16-17H2. The predicted molar refractivity (Wildman–Crippen MR) is 112 cm³/mol. The Bertz CT molecular complexity index is 1050. The Hall–Kier alpha value is -3.18. The minimum absolute atomic E-state index is 0.0844. The first-order valence-electron chi connectivity index (χ1n) is 9.05. The molecule has 0 unspecified atom stereocenters. The summed E-state index contributed by atoms with van der Waals surface area (Å²) in [5.41, 5.74) is 2.88. The number of carbonyl (C=O) groups excluding carboxylic acids is 1. The van der Waals surface area contributed by atoms with Crippen LogP contribution in [0.3, 0.4) is 0 Å². The highest BCUT2D eigenvalue weighted by molar-refractivity contribution is 7.99. The van der Waals surface area contributed by atoms with Crippen LogP contribution in [0.1, 0.15) is 15.9 Å². The first-order chi connectivity index (χ1) is 13.8. The predicted octanol–water partition coefficient (Wildman–Crippen LogP) is 4.97. The molecule has 4 nitrogen and oxygen atoms in total. The van der Waals surface area contributed by atoms with Crippen LogP contribution in [-0.2, 0) is 6.54 Å². The maximum absolute atomic E-state index is 12.5. The zero-order valence-electron chi connectivity index (χ0n) is 15.2. The number of rotatable bonds is 7. The summed E-state index contributed by atoms with van der Waals surface area (Å²) >= 11 is 1.42. The highest BCUT2D eigenvalue weighted by Gasteiger charge is 2.16. The molecule has 0 bridgehead atoms. The molecule has 28 heavy (non-hydrogen) atoms. The maximum Gasteiger partial charge on any atom is 0.192 e. The molecule has 0 amide bonds. The van der Waals surface area contributed by atoms with Gasteiger partial charge in [-0.15, -0.1) is 10.2 Å². The molecule has 0 aliphatic carbocycles. The normalized spacial score (nSPS) is 10.7. The third-order valence-electron chi connectivity index (χ3n) is 4.36. The van der Waals surface area contributed by atoms with Gasteiger partial charge >= 0.3 is 0 Å². The number of benzene rings is 3. The minimum Gasteiger partial charge on any atom is -0.298 e. The van der Waals surface area contributed by atoms with E-state index in [2.05, 4.69) is 26.9 Å². The third kappa shape index (κ3) is 4.21. The van der Waals surface area contributed by atoms with Crippen LogP contribution < -0.4 is 0 Å². The molecule has 3 aromatic carbocycles. The molecule has 0 N–H and O–H groups in total. The van der Waals surface area contributed by atoms with Crippen LogP contribution in [-0.4, -0.2) is 26.3 Å². The molecule has 0 atom stereocenters. The van der Waals surface area contributed by atoms with E-state index in [0.717, 1.165) is 22.1 Å². The Kier molecular flexibility index (Phi) is 5.64. The monoisotopic (exact) mass is 385 g/mol. The van der Waals surface area contributed by atoms with E-state index in [1.165, 1.54) is 11.8 Å². The summed E-state index contributed by atoms with van der Waals surface area (Å²) in [4.78, 5) is 12.5. The Morgan fingerprint density at radius 3 is 2.07 bits per heavy atom. The number of Topliss-reactive ketones (excluding diaryl/α,β-unsaturated/α-hetero) is 1. The second-order valence-electron chi connectivity index (χ2n) is 6.32. The van der Waals surface area contributed by atoms with E-state index < -0.39 is 0 Å². The van der Waals surface area contributed by atoms with Gasteiger partial charge in [0, 0.05) is 11.1 Å². The molecule has 5 heteroatoms. The van der Waals surface area contributed by atoms with Crippen molar-refractivity contribution in [2.45, 2.75) is 11.7 Å². The van der Waals surface area contributed by atoms with Crippen molar-refractivity contribution in [1.29, 1.82) is 0 Å². The van der Waals surface area contributed by atoms with Gasteiger partial charge in [0.25, 0.3) is 0 Å². The third-order valence-corrected chi connectivity index (χ3v) is 5.33. The van der Waals surface area contributed by atoms with Gasteiger partial charge in [-0.05, 0) is 5.56 Å². The Balaban J connectivity index is 1.61. The van der Waals surface area contributed by atoms with E-state index in [1.54, 1.807) is 0 Å². The molecular formula is C23H19N3OS. The van der Waals surface area contributed by atoms with Gasteiger partial charge in [0.1, 0.15) is 0 Å². The largest absolute Gasteiger partial charge is 0.298 e. The average molecular weight is 385 g/mol. The lowest BCUT2D eigenvalue weighted by Crippen LogP contribution is -2.07. The van der Waals surface area contributed by atoms with Crippen molar-refractivity contribution in [3.63, 3.8) is 0 Å². The summed E-state index contributed by atoms with van der Waals surface area (Å²) in [7, 11) is 0. The number of thioether (sulfide) groups is 1. The van der Waals surface area contributed by atoms with E-state index in [0.29, 0.717) is 17.9 Å². The van der Waals surface area contributed by atoms with Crippen molar-refractivity contribution in [3.05, 3.63) is 102 Å². The van der Waals surface area contributed by atoms with Crippen LogP contribution in [0, 0.1) is 0 Å². The zero-order valence-corrected chi connectivity index (χ0v) is 16.0. The van der Waals surface area contributed by atoms with Gasteiger partial charge in [-0.25, -0.2) is 0 Å². The lowest BCUT2D eigenvalue weighted by Gasteiger charge is -2.10. The van der Waals surface area contributed by atoms with Crippen molar-refractivity contribution in [3.8, 4) is 11.4 Å². The molecule has 0 aliphatic rings. The average Bonchev–Trinajstić information content (AvgIpc) is 3.16. The summed E-state index contributed by atoms with van der Waals surface area (Å²) in [6, 6.07) is 29.6. The van der Waals surface area contributed by atoms with Crippen LogP contribution in [0.2, 0.25) is 0 Å². The summed E-state index contributed by atoms with van der Waals surface area (Å²) in [5, 5.41) is 9.53. The van der Waals surface area contributed by atoms with E-state index >= 15 is 0 Å². The Morgan fingerprint density at radius 2 is 1.39 bits per heavy atom. The van der Waals surface area contributed by atoms with Gasteiger partial charge < -0.3 is 0 Å². The van der Waals surface area contributed by atoms with Crippen LogP contribution in [0.5, 0.6) is 0 Å². The smallest absolute Gasteiger partial charge is 0.192 e. The number of carbonyl (C=O) groups is 1. The quantitative estimate of drug-likeness (QED) is 0.333. The molecule has 1 aromatic heterocycles. The molecule has 0 saturated carbocycles. The highest BCUT2D eigenvalue weighted by atomic mass is 32.2. The fraction of sp³-hybridized carbons (Fsp3) is 0.0870. The molecule has 0 spiro atoms. The fourth-order valence-corrected chi connectivity index (χ4v) is 3.77. The zero-order chi connectivity index (χ0) is 19.2. The molecule has 0 saturated heterocycles. The van der Waals surface area contributed by atoms with Gasteiger partial charge in [0.2, 0.25) is 0 Å². The van der Waals surface area contributed by atoms with Crippen LogP contribution in [0.25, 0.3) is 11.4 Å². The summed E-state index contributed by atoms with van der Waals surface area (Å²) in [5.74, 6) is 1.21. The number of nitrogens with zero attached hydrogens (tertiary/aromatic N) is 3. The topological polar surface area (TPSA) is 47.8 Å². The lowest BCUT2D eigenvalue weighted by molar-refractivity contribution is 0.102. The minimum atomic E-state index is 0.0844. The van der Waals surface area contributed by atoms with E-state index in [4.69, 9.17) is 0 Å². The van der Waals surface area contributed by atoms with Gasteiger partial charge in [-0.3, -0.25) is 9.36 Å². The van der Waals surface area contributed by atoms with Crippen molar-refractivity contribution in [1.82, 2.24) is 14.8 Å². The number of hydrogen-bond acceptors (Lipinski definition) is 4. The first kappa shape index (κ1) is 18.2. The van der Waals surface area contributed by atoms with E-state index in [9.17, 15) is 4.79 Å². The Morgan fingerprint density at radius 1 is 0.786 bits per heavy atom. The van der Waals surface area contributed by atoms with E-state index in [-0.39, 0.29) is 5.78 Å². The molecule has 0 aliphatic heterocycles. The highest BCUT2D eigenvalue weighted by Crippen LogP contribution is 2.25. The molecule has 4 rings (SSSR count). The first-order valence-corrected chi connectivity index (χ1v) is 10.0. The molecule has 138 valence electrons. The van der Waals surface area contributed by atoms with Crippen LogP contribution >= 0.6 is 11.8 Å². The molecule has 0 radical (unpaired) electrons. The van der Waals surface area contributed by atoms with Gasteiger partial charge in [-0.2, -0.15) is 0 Å². The molecule has 0 fully saturated rings. The SMILES string of the molecule is O=C(CSc1nnc(-c2ccccc2)n1Cc1ccccc1)c1ccccc1. The van der Waals surface area contributed by atoms with E-state index in [1.807, 2.05) is 78.9 Å². The van der Waals surface area contributed by atoms with Crippen molar-refractivity contribution in [2.75, 3.05) is 5.75 Å². The summed E-state index contributed by atoms with van der Waals surface area (Å²) in [6.07, 6.45) is 0. The van der Waals surface area contributed by atoms with Crippen molar-refractivity contribution < 1.29 is 4.79 Å². The number of hydrogen-bond donors (Lipinski definition) is 0. The molecule has 1 heterocycles. The fourth-order valence-electron chi connectivity index (χ4n) is 2.94. The summed E-state index contributed by atoms with van der Waals surface area (Å²) in [6.45, 7) is 0.653. The summed E-state index contributed by atoms with van der Waals surface area (Å²) < 4.78 is 2.08. The molecular weight excluding hydrogens is 366 g/mol. The Labute approximate surface area is 168 Å². The second-order valence-corrected chi connectivity index (χ2v) is 7.26.